The number of carbonyl (C=O) groups is 1. The van der Waals surface area contributed by atoms with E-state index in [0.29, 0.717) is 18.0 Å². The molecule has 0 aromatic heterocycles. The lowest BCUT2D eigenvalue weighted by Crippen LogP contribution is -2.14. The second kappa shape index (κ2) is 8.80. The molecule has 0 atom stereocenters. The van der Waals surface area contributed by atoms with Crippen LogP contribution in [0.5, 0.6) is 5.75 Å². The minimum absolute atomic E-state index is 0.0400. The maximum absolute atomic E-state index is 12.4. The molecule has 122 valence electrons. The number of benzene rings is 2. The SMILES string of the molecule is CCOc1ccccc1NC(=O)/C(C#N)=C/c1ccc(SC)cc1. The van der Waals surface area contributed by atoms with Crippen molar-refractivity contribution >= 4 is 29.4 Å². The Balaban J connectivity index is 2.20. The van der Waals surface area contributed by atoms with Gasteiger partial charge < -0.3 is 10.1 Å². The van der Waals surface area contributed by atoms with Gasteiger partial charge in [0.1, 0.15) is 17.4 Å². The summed E-state index contributed by atoms with van der Waals surface area (Å²) in [6.45, 7) is 2.37. The fourth-order valence-electron chi connectivity index (χ4n) is 2.06. The van der Waals surface area contributed by atoms with Gasteiger partial charge in [0.2, 0.25) is 0 Å². The van der Waals surface area contributed by atoms with Crippen LogP contribution in [0.25, 0.3) is 6.08 Å². The number of nitrogens with zero attached hydrogens (tertiary/aromatic N) is 1. The van der Waals surface area contributed by atoms with Crippen LogP contribution in [0.3, 0.4) is 0 Å². The summed E-state index contributed by atoms with van der Waals surface area (Å²) in [5.74, 6) is 0.119. The number of carbonyl (C=O) groups excluding carboxylic acids is 1. The van der Waals surface area contributed by atoms with Crippen molar-refractivity contribution in [2.24, 2.45) is 0 Å². The first-order valence-corrected chi connectivity index (χ1v) is 8.69. The first-order valence-electron chi connectivity index (χ1n) is 7.47. The lowest BCUT2D eigenvalue weighted by atomic mass is 10.1. The first kappa shape index (κ1) is 17.6. The average molecular weight is 338 g/mol. The van der Waals surface area contributed by atoms with Gasteiger partial charge in [-0.05, 0) is 49.1 Å². The summed E-state index contributed by atoms with van der Waals surface area (Å²) in [5.41, 5.74) is 1.39. The van der Waals surface area contributed by atoms with Crippen LogP contribution < -0.4 is 10.1 Å². The van der Waals surface area contributed by atoms with Gasteiger partial charge in [-0.2, -0.15) is 5.26 Å². The second-order valence-corrected chi connectivity index (χ2v) is 5.71. The van der Waals surface area contributed by atoms with Crippen LogP contribution in [0.1, 0.15) is 12.5 Å². The molecule has 0 saturated heterocycles. The molecule has 2 aromatic carbocycles. The highest BCUT2D eigenvalue weighted by Crippen LogP contribution is 2.24. The standard InChI is InChI=1S/C19H18N2O2S/c1-3-23-18-7-5-4-6-17(18)21-19(22)15(13-20)12-14-8-10-16(24-2)11-9-14/h4-12H,3H2,1-2H3,(H,21,22)/b15-12+. The summed E-state index contributed by atoms with van der Waals surface area (Å²) in [7, 11) is 0. The van der Waals surface area contributed by atoms with Crippen LogP contribution in [0.4, 0.5) is 5.69 Å². The van der Waals surface area contributed by atoms with Crippen molar-refractivity contribution in [2.75, 3.05) is 18.2 Å². The van der Waals surface area contributed by atoms with Crippen molar-refractivity contribution < 1.29 is 9.53 Å². The van der Waals surface area contributed by atoms with E-state index < -0.39 is 5.91 Å². The Labute approximate surface area is 146 Å². The molecule has 24 heavy (non-hydrogen) atoms. The van der Waals surface area contributed by atoms with E-state index in [1.807, 2.05) is 49.6 Å². The summed E-state index contributed by atoms with van der Waals surface area (Å²) >= 11 is 1.64. The van der Waals surface area contributed by atoms with E-state index >= 15 is 0 Å². The zero-order valence-corrected chi connectivity index (χ0v) is 14.4. The Morgan fingerprint density at radius 1 is 1.25 bits per heavy atom. The van der Waals surface area contributed by atoms with Crippen LogP contribution in [-0.2, 0) is 4.79 Å². The minimum atomic E-state index is -0.460. The fraction of sp³-hybridized carbons (Fsp3) is 0.158. The molecule has 0 aliphatic carbocycles. The van der Waals surface area contributed by atoms with Crippen molar-refractivity contribution in [1.82, 2.24) is 0 Å². The Morgan fingerprint density at radius 3 is 2.58 bits per heavy atom. The van der Waals surface area contributed by atoms with Crippen molar-refractivity contribution in [1.29, 1.82) is 5.26 Å². The van der Waals surface area contributed by atoms with E-state index in [0.717, 1.165) is 10.5 Å². The molecule has 0 bridgehead atoms. The number of nitrogens with one attached hydrogen (secondary N) is 1. The van der Waals surface area contributed by atoms with Gasteiger partial charge in [-0.3, -0.25) is 4.79 Å². The number of amides is 1. The Kier molecular flexibility index (Phi) is 6.47. The number of rotatable bonds is 6. The minimum Gasteiger partial charge on any atom is -0.492 e. The number of hydrogen-bond acceptors (Lipinski definition) is 4. The largest absolute Gasteiger partial charge is 0.492 e. The highest BCUT2D eigenvalue weighted by molar-refractivity contribution is 7.98. The van der Waals surface area contributed by atoms with E-state index in [9.17, 15) is 10.1 Å². The number of para-hydroxylation sites is 2. The second-order valence-electron chi connectivity index (χ2n) is 4.83. The lowest BCUT2D eigenvalue weighted by Gasteiger charge is -2.10. The maximum Gasteiger partial charge on any atom is 0.266 e. The summed E-state index contributed by atoms with van der Waals surface area (Å²) in [6, 6.07) is 16.8. The molecule has 0 spiro atoms. The molecule has 0 saturated carbocycles. The van der Waals surface area contributed by atoms with Gasteiger partial charge in [0.15, 0.2) is 0 Å². The van der Waals surface area contributed by atoms with Crippen LogP contribution in [-0.4, -0.2) is 18.8 Å². The van der Waals surface area contributed by atoms with Crippen molar-refractivity contribution in [3.05, 3.63) is 59.7 Å². The van der Waals surface area contributed by atoms with Crippen LogP contribution in [0.2, 0.25) is 0 Å². The zero-order chi connectivity index (χ0) is 17.4. The van der Waals surface area contributed by atoms with Crippen molar-refractivity contribution in [3.63, 3.8) is 0 Å². The predicted molar refractivity (Wildman–Crippen MR) is 98.1 cm³/mol. The van der Waals surface area contributed by atoms with Crippen LogP contribution in [0, 0.1) is 11.3 Å². The normalized spacial score (nSPS) is 10.8. The number of thioether (sulfide) groups is 1. The van der Waals surface area contributed by atoms with Gasteiger partial charge in [0.25, 0.3) is 5.91 Å². The molecule has 0 aliphatic rings. The molecule has 1 N–H and O–H groups in total. The van der Waals surface area contributed by atoms with Gasteiger partial charge >= 0.3 is 0 Å². The molecular formula is C19H18N2O2S. The highest BCUT2D eigenvalue weighted by Gasteiger charge is 2.12. The molecular weight excluding hydrogens is 320 g/mol. The summed E-state index contributed by atoms with van der Waals surface area (Å²) in [5, 5.41) is 12.0. The van der Waals surface area contributed by atoms with E-state index in [1.165, 1.54) is 0 Å². The van der Waals surface area contributed by atoms with Crippen LogP contribution in [0.15, 0.2) is 59.0 Å². The highest BCUT2D eigenvalue weighted by atomic mass is 32.2. The zero-order valence-electron chi connectivity index (χ0n) is 13.6. The van der Waals surface area contributed by atoms with Gasteiger partial charge in [-0.15, -0.1) is 11.8 Å². The molecule has 4 nitrogen and oxygen atoms in total. The van der Waals surface area contributed by atoms with Gasteiger partial charge in [0.05, 0.1) is 12.3 Å². The molecule has 0 aliphatic heterocycles. The summed E-state index contributed by atoms with van der Waals surface area (Å²) in [6.07, 6.45) is 3.57. The first-order chi connectivity index (χ1) is 11.7. The van der Waals surface area contributed by atoms with E-state index in [2.05, 4.69) is 5.32 Å². The molecule has 0 radical (unpaired) electrons. The van der Waals surface area contributed by atoms with Crippen LogP contribution >= 0.6 is 11.8 Å². The Bertz CT molecular complexity index is 777. The monoisotopic (exact) mass is 338 g/mol. The molecule has 2 rings (SSSR count). The molecule has 1 amide bonds. The van der Waals surface area contributed by atoms with E-state index in [-0.39, 0.29) is 5.57 Å². The number of anilines is 1. The Hall–Kier alpha value is -2.71. The predicted octanol–water partition coefficient (Wildman–Crippen LogP) is 4.35. The third-order valence-corrected chi connectivity index (χ3v) is 3.97. The quantitative estimate of drug-likeness (QED) is 0.483. The molecule has 0 heterocycles. The lowest BCUT2D eigenvalue weighted by molar-refractivity contribution is -0.112. The molecule has 0 fully saturated rings. The van der Waals surface area contributed by atoms with Gasteiger partial charge in [-0.25, -0.2) is 0 Å². The molecule has 5 heteroatoms. The Morgan fingerprint density at radius 2 is 1.96 bits per heavy atom. The van der Waals surface area contributed by atoms with Gasteiger partial charge in [0, 0.05) is 4.90 Å². The number of nitriles is 1. The maximum atomic E-state index is 12.4. The van der Waals surface area contributed by atoms with E-state index in [1.54, 1.807) is 36.0 Å². The van der Waals surface area contributed by atoms with Gasteiger partial charge in [-0.1, -0.05) is 24.3 Å². The van der Waals surface area contributed by atoms with Crippen molar-refractivity contribution in [3.8, 4) is 11.8 Å². The van der Waals surface area contributed by atoms with Crippen molar-refractivity contribution in [2.45, 2.75) is 11.8 Å². The number of ether oxygens (including phenoxy) is 1. The topological polar surface area (TPSA) is 62.1 Å². The molecule has 2 aromatic rings. The number of hydrogen-bond donors (Lipinski definition) is 1. The third-order valence-electron chi connectivity index (χ3n) is 3.23. The third kappa shape index (κ3) is 4.64. The smallest absolute Gasteiger partial charge is 0.266 e. The summed E-state index contributed by atoms with van der Waals surface area (Å²) in [4.78, 5) is 13.5. The summed E-state index contributed by atoms with van der Waals surface area (Å²) < 4.78 is 5.48. The van der Waals surface area contributed by atoms with E-state index in [4.69, 9.17) is 4.74 Å². The average Bonchev–Trinajstić information content (AvgIpc) is 2.62. The molecule has 0 unspecified atom stereocenters. The fourth-order valence-corrected chi connectivity index (χ4v) is 2.46.